The summed E-state index contributed by atoms with van der Waals surface area (Å²) in [6.07, 6.45) is 4.95. The Morgan fingerprint density at radius 3 is 2.52 bits per heavy atom. The van der Waals surface area contributed by atoms with Crippen LogP contribution in [-0.2, 0) is 0 Å². The van der Waals surface area contributed by atoms with E-state index < -0.39 is 0 Å². The molecule has 23 heavy (non-hydrogen) atoms. The maximum absolute atomic E-state index is 12.2. The number of amides is 1. The summed E-state index contributed by atoms with van der Waals surface area (Å²) < 4.78 is 0. The van der Waals surface area contributed by atoms with E-state index in [9.17, 15) is 4.79 Å². The Kier molecular flexibility index (Phi) is 5.09. The first kappa shape index (κ1) is 16.2. The first-order valence-electron chi connectivity index (χ1n) is 7.75. The summed E-state index contributed by atoms with van der Waals surface area (Å²) >= 11 is 12.2. The van der Waals surface area contributed by atoms with E-state index in [0.29, 0.717) is 27.3 Å². The van der Waals surface area contributed by atoms with Crippen molar-refractivity contribution >= 4 is 40.5 Å². The van der Waals surface area contributed by atoms with Gasteiger partial charge in [-0.1, -0.05) is 42.1 Å². The van der Waals surface area contributed by atoms with Gasteiger partial charge in [0.25, 0.3) is 5.91 Å². The molecule has 1 saturated carbocycles. The minimum Gasteiger partial charge on any atom is -0.382 e. The fourth-order valence-corrected chi connectivity index (χ4v) is 3.25. The molecule has 0 aromatic heterocycles. The number of anilines is 2. The summed E-state index contributed by atoms with van der Waals surface area (Å²) in [5.74, 6) is -0.231. The van der Waals surface area contributed by atoms with E-state index in [1.807, 2.05) is 18.2 Å². The predicted octanol–water partition coefficient (Wildman–Crippen LogP) is 5.60. The number of benzene rings is 2. The molecule has 2 N–H and O–H groups in total. The van der Waals surface area contributed by atoms with Crippen LogP contribution in [0.1, 0.15) is 36.0 Å². The normalized spacial score (nSPS) is 14.7. The van der Waals surface area contributed by atoms with Crippen molar-refractivity contribution in [3.8, 4) is 0 Å². The van der Waals surface area contributed by atoms with Crippen molar-refractivity contribution in [3.05, 3.63) is 58.1 Å². The molecular formula is C18H18Cl2N2O. The molecule has 120 valence electrons. The van der Waals surface area contributed by atoms with Gasteiger partial charge in [-0.25, -0.2) is 0 Å². The third-order valence-corrected chi connectivity index (χ3v) is 4.58. The van der Waals surface area contributed by atoms with Gasteiger partial charge in [-0.05, 0) is 49.2 Å². The molecule has 3 rings (SSSR count). The highest BCUT2D eigenvalue weighted by Gasteiger charge is 2.15. The molecule has 2 aromatic carbocycles. The third kappa shape index (κ3) is 4.18. The molecule has 0 saturated heterocycles. The van der Waals surface area contributed by atoms with Gasteiger partial charge in [0.2, 0.25) is 0 Å². The van der Waals surface area contributed by atoms with Gasteiger partial charge >= 0.3 is 0 Å². The quantitative estimate of drug-likeness (QED) is 0.754. The van der Waals surface area contributed by atoms with Crippen LogP contribution in [0.25, 0.3) is 0 Å². The summed E-state index contributed by atoms with van der Waals surface area (Å²) in [6, 6.07) is 13.0. The molecule has 0 bridgehead atoms. The van der Waals surface area contributed by atoms with Crippen LogP contribution in [0.15, 0.2) is 42.5 Å². The van der Waals surface area contributed by atoms with E-state index in [1.165, 1.54) is 25.7 Å². The number of carbonyl (C=O) groups is 1. The average molecular weight is 349 g/mol. The van der Waals surface area contributed by atoms with Crippen LogP contribution in [-0.4, -0.2) is 11.9 Å². The van der Waals surface area contributed by atoms with E-state index >= 15 is 0 Å². The van der Waals surface area contributed by atoms with Gasteiger partial charge < -0.3 is 10.6 Å². The predicted molar refractivity (Wildman–Crippen MR) is 96.7 cm³/mol. The highest BCUT2D eigenvalue weighted by Crippen LogP contribution is 2.28. The van der Waals surface area contributed by atoms with Gasteiger partial charge in [0, 0.05) is 22.3 Å². The summed E-state index contributed by atoms with van der Waals surface area (Å²) in [7, 11) is 0. The lowest BCUT2D eigenvalue weighted by Gasteiger charge is -2.15. The second kappa shape index (κ2) is 7.24. The van der Waals surface area contributed by atoms with Gasteiger partial charge in [0.15, 0.2) is 0 Å². The van der Waals surface area contributed by atoms with Crippen molar-refractivity contribution < 1.29 is 4.79 Å². The van der Waals surface area contributed by atoms with Crippen LogP contribution in [0.5, 0.6) is 0 Å². The van der Waals surface area contributed by atoms with Crippen LogP contribution in [0, 0.1) is 0 Å². The van der Waals surface area contributed by atoms with E-state index in [1.54, 1.807) is 24.3 Å². The van der Waals surface area contributed by atoms with Crippen LogP contribution in [0.3, 0.4) is 0 Å². The molecule has 0 heterocycles. The molecule has 2 aromatic rings. The molecule has 3 nitrogen and oxygen atoms in total. The molecule has 1 aliphatic carbocycles. The van der Waals surface area contributed by atoms with Crippen LogP contribution in [0.4, 0.5) is 11.4 Å². The Hall–Kier alpha value is -1.71. The van der Waals surface area contributed by atoms with E-state index in [0.717, 1.165) is 5.69 Å². The topological polar surface area (TPSA) is 41.1 Å². The molecule has 0 radical (unpaired) electrons. The van der Waals surface area contributed by atoms with E-state index in [4.69, 9.17) is 23.2 Å². The Balaban J connectivity index is 1.69. The minimum atomic E-state index is -0.231. The molecule has 0 atom stereocenters. The number of rotatable bonds is 4. The maximum Gasteiger partial charge on any atom is 0.255 e. The molecule has 1 fully saturated rings. The standard InChI is InChI=1S/C18H18Cl2N2O/c19-13-5-3-4-12(10-13)18(23)22-17-9-8-15(11-16(17)20)21-14-6-1-2-7-14/h3-5,8-11,14,21H,1-2,6-7H2,(H,22,23). The monoisotopic (exact) mass is 348 g/mol. The number of halogens is 2. The summed E-state index contributed by atoms with van der Waals surface area (Å²) in [5, 5.41) is 7.35. The van der Waals surface area contributed by atoms with Gasteiger partial charge in [-0.3, -0.25) is 4.79 Å². The van der Waals surface area contributed by atoms with Crippen LogP contribution in [0.2, 0.25) is 10.0 Å². The SMILES string of the molecule is O=C(Nc1ccc(NC2CCCC2)cc1Cl)c1cccc(Cl)c1. The van der Waals surface area contributed by atoms with Crippen molar-refractivity contribution in [2.45, 2.75) is 31.7 Å². The number of hydrogen-bond donors (Lipinski definition) is 2. The van der Waals surface area contributed by atoms with Crippen LogP contribution < -0.4 is 10.6 Å². The maximum atomic E-state index is 12.2. The Morgan fingerprint density at radius 2 is 1.83 bits per heavy atom. The zero-order valence-electron chi connectivity index (χ0n) is 12.6. The zero-order valence-corrected chi connectivity index (χ0v) is 14.1. The van der Waals surface area contributed by atoms with Gasteiger partial charge in [-0.2, -0.15) is 0 Å². The van der Waals surface area contributed by atoms with E-state index in [2.05, 4.69) is 10.6 Å². The second-order valence-electron chi connectivity index (χ2n) is 5.78. The zero-order chi connectivity index (χ0) is 16.2. The first-order valence-corrected chi connectivity index (χ1v) is 8.50. The summed E-state index contributed by atoms with van der Waals surface area (Å²) in [5.41, 5.74) is 2.08. The van der Waals surface area contributed by atoms with Crippen molar-refractivity contribution in [2.24, 2.45) is 0 Å². The molecule has 5 heteroatoms. The highest BCUT2D eigenvalue weighted by molar-refractivity contribution is 6.34. The molecule has 1 aliphatic rings. The molecule has 0 spiro atoms. The van der Waals surface area contributed by atoms with Crippen molar-refractivity contribution in [3.63, 3.8) is 0 Å². The third-order valence-electron chi connectivity index (χ3n) is 4.03. The molecule has 0 aliphatic heterocycles. The van der Waals surface area contributed by atoms with Gasteiger partial charge in [0.1, 0.15) is 0 Å². The number of carbonyl (C=O) groups excluding carboxylic acids is 1. The molecular weight excluding hydrogens is 331 g/mol. The lowest BCUT2D eigenvalue weighted by Crippen LogP contribution is -2.15. The highest BCUT2D eigenvalue weighted by atomic mass is 35.5. The van der Waals surface area contributed by atoms with Crippen molar-refractivity contribution in [2.75, 3.05) is 10.6 Å². The minimum absolute atomic E-state index is 0.231. The Bertz CT molecular complexity index is 712. The average Bonchev–Trinajstić information content (AvgIpc) is 3.03. The van der Waals surface area contributed by atoms with E-state index in [-0.39, 0.29) is 5.91 Å². The first-order chi connectivity index (χ1) is 11.1. The van der Waals surface area contributed by atoms with Crippen LogP contribution >= 0.6 is 23.2 Å². The van der Waals surface area contributed by atoms with Gasteiger partial charge in [-0.15, -0.1) is 0 Å². The summed E-state index contributed by atoms with van der Waals surface area (Å²) in [6.45, 7) is 0. The second-order valence-corrected chi connectivity index (χ2v) is 6.63. The lowest BCUT2D eigenvalue weighted by atomic mass is 10.2. The van der Waals surface area contributed by atoms with Crippen molar-refractivity contribution in [1.29, 1.82) is 0 Å². The molecule has 0 unspecified atom stereocenters. The summed E-state index contributed by atoms with van der Waals surface area (Å²) in [4.78, 5) is 12.2. The smallest absolute Gasteiger partial charge is 0.255 e. The lowest BCUT2D eigenvalue weighted by molar-refractivity contribution is 0.102. The van der Waals surface area contributed by atoms with Gasteiger partial charge in [0.05, 0.1) is 10.7 Å². The number of nitrogens with one attached hydrogen (secondary N) is 2. The molecule has 1 amide bonds. The number of hydrogen-bond acceptors (Lipinski definition) is 2. The fraction of sp³-hybridized carbons (Fsp3) is 0.278. The fourth-order valence-electron chi connectivity index (χ4n) is 2.84. The Morgan fingerprint density at radius 1 is 1.04 bits per heavy atom. The largest absolute Gasteiger partial charge is 0.382 e. The van der Waals surface area contributed by atoms with Crippen molar-refractivity contribution in [1.82, 2.24) is 0 Å². The Labute approximate surface area is 146 Å².